The molecule has 0 spiro atoms. The molecule has 156 valence electrons. The molecule has 0 bridgehead atoms. The molecule has 2 amide bonds. The van der Waals surface area contributed by atoms with Crippen molar-refractivity contribution in [2.75, 3.05) is 25.5 Å². The molecule has 7 nitrogen and oxygen atoms in total. The number of likely N-dealkylation sites (N-methyl/N-ethyl adjacent to an activating group) is 1. The van der Waals surface area contributed by atoms with Crippen molar-refractivity contribution < 1.29 is 23.5 Å². The van der Waals surface area contributed by atoms with Crippen molar-refractivity contribution in [3.8, 4) is 0 Å². The number of esters is 1. The first-order valence-electron chi connectivity index (χ1n) is 9.25. The topological polar surface area (TPSA) is 80.6 Å². The summed E-state index contributed by atoms with van der Waals surface area (Å²) in [5.74, 6) is -1.95. The normalized spacial score (nSPS) is 10.7. The summed E-state index contributed by atoms with van der Waals surface area (Å²) in [5, 5.41) is 2.56. The predicted molar refractivity (Wildman–Crippen MR) is 107 cm³/mol. The number of hydrogen-bond acceptors (Lipinski definition) is 4. The van der Waals surface area contributed by atoms with Crippen LogP contribution < -0.4 is 5.32 Å². The molecular weight excluding hydrogens is 377 g/mol. The van der Waals surface area contributed by atoms with Gasteiger partial charge in [-0.2, -0.15) is 0 Å². The summed E-state index contributed by atoms with van der Waals surface area (Å²) >= 11 is 0. The van der Waals surface area contributed by atoms with Crippen LogP contribution in [0.4, 0.5) is 10.1 Å². The van der Waals surface area contributed by atoms with Crippen molar-refractivity contribution in [3.05, 3.63) is 53.1 Å². The van der Waals surface area contributed by atoms with Crippen molar-refractivity contribution in [1.82, 2.24) is 9.47 Å². The van der Waals surface area contributed by atoms with Gasteiger partial charge in [0.2, 0.25) is 5.91 Å². The molecule has 0 radical (unpaired) electrons. The van der Waals surface area contributed by atoms with E-state index in [1.54, 1.807) is 6.07 Å². The fourth-order valence-corrected chi connectivity index (χ4v) is 3.13. The molecule has 1 N–H and O–H groups in total. The van der Waals surface area contributed by atoms with Gasteiger partial charge in [0.15, 0.2) is 6.61 Å². The molecular formula is C21H26FN3O4. The van der Waals surface area contributed by atoms with Crippen molar-refractivity contribution in [2.24, 2.45) is 0 Å². The van der Waals surface area contributed by atoms with Crippen LogP contribution in [0.1, 0.15) is 41.6 Å². The maximum Gasteiger partial charge on any atom is 0.340 e. The molecule has 0 fully saturated rings. The third-order valence-electron chi connectivity index (χ3n) is 4.48. The van der Waals surface area contributed by atoms with E-state index < -0.39 is 30.2 Å². The Kier molecular flexibility index (Phi) is 7.14. The Labute approximate surface area is 169 Å². The minimum absolute atomic E-state index is 0.198. The highest BCUT2D eigenvalue weighted by Gasteiger charge is 2.20. The second kappa shape index (κ2) is 9.36. The van der Waals surface area contributed by atoms with Crippen LogP contribution in [0.15, 0.2) is 30.3 Å². The maximum absolute atomic E-state index is 12.9. The number of benzene rings is 1. The average Bonchev–Trinajstić information content (AvgIpc) is 2.95. The zero-order chi connectivity index (χ0) is 21.7. The first-order chi connectivity index (χ1) is 13.6. The highest BCUT2D eigenvalue weighted by molar-refractivity contribution is 5.95. The number of rotatable bonds is 7. The minimum Gasteiger partial charge on any atom is -0.452 e. The molecule has 0 aliphatic carbocycles. The lowest BCUT2D eigenvalue weighted by Crippen LogP contribution is -2.37. The SMILES string of the molecule is Cc1cc(C(=O)OCC(=O)N(C)CC(=O)Nc2ccc(F)cc2)c(C)n1C(C)C. The molecule has 1 aromatic carbocycles. The Morgan fingerprint density at radius 1 is 1.17 bits per heavy atom. The third-order valence-corrected chi connectivity index (χ3v) is 4.48. The second-order valence-electron chi connectivity index (χ2n) is 7.13. The van der Waals surface area contributed by atoms with Gasteiger partial charge in [0.25, 0.3) is 5.91 Å². The smallest absolute Gasteiger partial charge is 0.340 e. The van der Waals surface area contributed by atoms with E-state index in [2.05, 4.69) is 5.32 Å². The van der Waals surface area contributed by atoms with Gasteiger partial charge >= 0.3 is 5.97 Å². The largest absolute Gasteiger partial charge is 0.452 e. The lowest BCUT2D eigenvalue weighted by molar-refractivity contribution is -0.136. The van der Waals surface area contributed by atoms with Crippen LogP contribution in [0.3, 0.4) is 0 Å². The molecule has 1 aromatic heterocycles. The highest BCUT2D eigenvalue weighted by Crippen LogP contribution is 2.20. The van der Waals surface area contributed by atoms with E-state index in [0.717, 1.165) is 16.3 Å². The van der Waals surface area contributed by atoms with E-state index in [-0.39, 0.29) is 12.6 Å². The van der Waals surface area contributed by atoms with Crippen LogP contribution in [-0.2, 0) is 14.3 Å². The Morgan fingerprint density at radius 2 is 1.79 bits per heavy atom. The molecule has 2 aromatic rings. The summed E-state index contributed by atoms with van der Waals surface area (Å²) in [6.07, 6.45) is 0. The predicted octanol–water partition coefficient (Wildman–Crippen LogP) is 3.08. The van der Waals surface area contributed by atoms with Gasteiger partial charge in [-0.1, -0.05) is 0 Å². The molecule has 0 saturated carbocycles. The number of nitrogens with zero attached hydrogens (tertiary/aromatic N) is 2. The van der Waals surface area contributed by atoms with E-state index in [0.29, 0.717) is 11.3 Å². The van der Waals surface area contributed by atoms with E-state index in [4.69, 9.17) is 4.74 Å². The number of hydrogen-bond donors (Lipinski definition) is 1. The van der Waals surface area contributed by atoms with Gasteiger partial charge in [-0.15, -0.1) is 0 Å². The zero-order valence-electron chi connectivity index (χ0n) is 17.3. The summed E-state index contributed by atoms with van der Waals surface area (Å²) < 4.78 is 20.0. The summed E-state index contributed by atoms with van der Waals surface area (Å²) in [5.41, 5.74) is 2.55. The van der Waals surface area contributed by atoms with E-state index >= 15 is 0 Å². The molecule has 0 unspecified atom stereocenters. The average molecular weight is 403 g/mol. The molecule has 0 aliphatic heterocycles. The molecule has 0 aliphatic rings. The van der Waals surface area contributed by atoms with Crippen LogP contribution >= 0.6 is 0 Å². The number of halogens is 1. The zero-order valence-corrected chi connectivity index (χ0v) is 17.3. The summed E-state index contributed by atoms with van der Waals surface area (Å²) in [4.78, 5) is 37.7. The van der Waals surface area contributed by atoms with Gasteiger partial charge < -0.3 is 19.5 Å². The van der Waals surface area contributed by atoms with Gasteiger partial charge in [-0.3, -0.25) is 9.59 Å². The molecule has 0 atom stereocenters. The number of amides is 2. The molecule has 8 heteroatoms. The second-order valence-corrected chi connectivity index (χ2v) is 7.13. The lowest BCUT2D eigenvalue weighted by Gasteiger charge is -2.17. The summed E-state index contributed by atoms with van der Waals surface area (Å²) in [6.45, 7) is 7.08. The first kappa shape index (κ1) is 22.1. The van der Waals surface area contributed by atoms with Crippen LogP contribution in [0.5, 0.6) is 0 Å². The number of anilines is 1. The summed E-state index contributed by atoms with van der Waals surface area (Å²) in [7, 11) is 1.44. The first-order valence-corrected chi connectivity index (χ1v) is 9.25. The minimum atomic E-state index is -0.581. The van der Waals surface area contributed by atoms with Crippen molar-refractivity contribution in [2.45, 2.75) is 33.7 Å². The third kappa shape index (κ3) is 5.66. The van der Waals surface area contributed by atoms with Gasteiger partial charge in [0.05, 0.1) is 12.1 Å². The van der Waals surface area contributed by atoms with Gasteiger partial charge in [-0.05, 0) is 58.0 Å². The number of ether oxygens (including phenoxy) is 1. The number of carbonyl (C=O) groups is 3. The van der Waals surface area contributed by atoms with Crippen molar-refractivity contribution in [1.29, 1.82) is 0 Å². The Morgan fingerprint density at radius 3 is 2.34 bits per heavy atom. The lowest BCUT2D eigenvalue weighted by atomic mass is 10.2. The van der Waals surface area contributed by atoms with Gasteiger partial charge in [-0.25, -0.2) is 9.18 Å². The van der Waals surface area contributed by atoms with Gasteiger partial charge in [0.1, 0.15) is 5.82 Å². The maximum atomic E-state index is 12.9. The van der Waals surface area contributed by atoms with Crippen LogP contribution in [-0.4, -0.2) is 47.4 Å². The van der Waals surface area contributed by atoms with E-state index in [9.17, 15) is 18.8 Å². The number of nitrogens with one attached hydrogen (secondary N) is 1. The van der Waals surface area contributed by atoms with Crippen LogP contribution in [0.2, 0.25) is 0 Å². The number of aromatic nitrogens is 1. The molecule has 1 heterocycles. The van der Waals surface area contributed by atoms with Crippen molar-refractivity contribution >= 4 is 23.5 Å². The Balaban J connectivity index is 1.88. The van der Waals surface area contributed by atoms with E-state index in [1.165, 1.54) is 31.3 Å². The highest BCUT2D eigenvalue weighted by atomic mass is 19.1. The Bertz CT molecular complexity index is 903. The fourth-order valence-electron chi connectivity index (χ4n) is 3.13. The number of carbonyl (C=O) groups excluding carboxylic acids is 3. The fraction of sp³-hybridized carbons (Fsp3) is 0.381. The van der Waals surface area contributed by atoms with Crippen molar-refractivity contribution in [3.63, 3.8) is 0 Å². The monoisotopic (exact) mass is 403 g/mol. The summed E-state index contributed by atoms with van der Waals surface area (Å²) in [6, 6.07) is 7.22. The number of aryl methyl sites for hydroxylation is 1. The molecule has 0 saturated heterocycles. The van der Waals surface area contributed by atoms with Crippen LogP contribution in [0.25, 0.3) is 0 Å². The standard InChI is InChI=1S/C21H26FN3O4/c1-13(2)25-14(3)10-18(15(25)4)21(28)29-12-20(27)24(5)11-19(26)23-17-8-6-16(22)7-9-17/h6-10,13H,11-12H2,1-5H3,(H,23,26). The molecule has 2 rings (SSSR count). The van der Waals surface area contributed by atoms with E-state index in [1.807, 2.05) is 32.3 Å². The quantitative estimate of drug-likeness (QED) is 0.721. The van der Waals surface area contributed by atoms with Crippen LogP contribution in [0, 0.1) is 19.7 Å². The van der Waals surface area contributed by atoms with Gasteiger partial charge in [0, 0.05) is 30.2 Å². The Hall–Kier alpha value is -3.16. The molecule has 29 heavy (non-hydrogen) atoms.